The minimum atomic E-state index is -0.515. The number of amides is 1. The average molecular weight is 578 g/mol. The van der Waals surface area contributed by atoms with Gasteiger partial charge in [0.25, 0.3) is 0 Å². The Bertz CT molecular complexity index is 1410. The van der Waals surface area contributed by atoms with Gasteiger partial charge in [0.2, 0.25) is 11.8 Å². The van der Waals surface area contributed by atoms with E-state index >= 15 is 0 Å². The van der Waals surface area contributed by atoms with Crippen LogP contribution in [0, 0.1) is 5.82 Å². The number of rotatable bonds is 7. The summed E-state index contributed by atoms with van der Waals surface area (Å²) in [5, 5.41) is 3.34. The average Bonchev–Trinajstić information content (AvgIpc) is 2.95. The third-order valence-corrected chi connectivity index (χ3v) is 6.66. The Balaban J connectivity index is 1.26. The molecule has 1 atom stereocenters. The van der Waals surface area contributed by atoms with E-state index in [2.05, 4.69) is 36.2 Å². The highest BCUT2D eigenvalue weighted by atomic mass is 79.9. The number of pyridine rings is 1. The molecule has 1 aliphatic rings. The Hall–Kier alpha value is -4.05. The first-order chi connectivity index (χ1) is 18.6. The molecule has 38 heavy (non-hydrogen) atoms. The first kappa shape index (κ1) is 25.6. The zero-order valence-electron chi connectivity index (χ0n) is 20.4. The fraction of sp³-hybridized carbons (Fsp3) is 0.214. The summed E-state index contributed by atoms with van der Waals surface area (Å²) in [5.41, 5.74) is 2.10. The molecule has 0 bridgehead atoms. The Morgan fingerprint density at radius 3 is 2.79 bits per heavy atom. The van der Waals surface area contributed by atoms with E-state index in [1.807, 2.05) is 30.3 Å². The van der Waals surface area contributed by atoms with Crippen LogP contribution in [-0.4, -0.2) is 45.1 Å². The molecule has 194 valence electrons. The summed E-state index contributed by atoms with van der Waals surface area (Å²) in [7, 11) is 0. The minimum absolute atomic E-state index is 0.0383. The van der Waals surface area contributed by atoms with Gasteiger partial charge >= 0.3 is 6.09 Å². The fourth-order valence-electron chi connectivity index (χ4n) is 4.17. The molecular formula is C28H25BrFN5O3. The van der Waals surface area contributed by atoms with Crippen molar-refractivity contribution in [2.75, 3.05) is 18.4 Å². The molecule has 2 aromatic carbocycles. The second kappa shape index (κ2) is 12.0. The van der Waals surface area contributed by atoms with Crippen molar-refractivity contribution >= 4 is 28.0 Å². The summed E-state index contributed by atoms with van der Waals surface area (Å²) in [6.45, 7) is 1.35. The molecule has 2 aromatic heterocycles. The van der Waals surface area contributed by atoms with E-state index in [1.165, 1.54) is 6.07 Å². The van der Waals surface area contributed by atoms with Gasteiger partial charge in [-0.2, -0.15) is 0 Å². The molecule has 3 heterocycles. The normalized spacial score (nSPS) is 15.1. The van der Waals surface area contributed by atoms with Crippen molar-refractivity contribution in [2.24, 2.45) is 0 Å². The van der Waals surface area contributed by atoms with Crippen LogP contribution in [0.2, 0.25) is 0 Å². The molecule has 8 nitrogen and oxygen atoms in total. The number of carbonyl (C=O) groups is 1. The van der Waals surface area contributed by atoms with Crippen molar-refractivity contribution in [3.63, 3.8) is 0 Å². The van der Waals surface area contributed by atoms with E-state index in [9.17, 15) is 9.18 Å². The van der Waals surface area contributed by atoms with Crippen molar-refractivity contribution in [2.45, 2.75) is 25.5 Å². The third-order valence-electron chi connectivity index (χ3n) is 6.04. The van der Waals surface area contributed by atoms with Gasteiger partial charge in [-0.25, -0.2) is 24.1 Å². The van der Waals surface area contributed by atoms with Crippen LogP contribution in [0.15, 0.2) is 83.6 Å². The maximum absolute atomic E-state index is 14.5. The van der Waals surface area contributed by atoms with Gasteiger partial charge in [-0.05, 0) is 64.7 Å². The Morgan fingerprint density at radius 1 is 1.05 bits per heavy atom. The monoisotopic (exact) mass is 577 g/mol. The maximum Gasteiger partial charge on any atom is 0.410 e. The van der Waals surface area contributed by atoms with Gasteiger partial charge in [-0.1, -0.05) is 36.4 Å². The van der Waals surface area contributed by atoms with Crippen LogP contribution in [-0.2, 0) is 11.3 Å². The van der Waals surface area contributed by atoms with Gasteiger partial charge in [0.05, 0.1) is 15.7 Å². The zero-order valence-corrected chi connectivity index (χ0v) is 22.0. The lowest BCUT2D eigenvalue weighted by Gasteiger charge is -2.32. The summed E-state index contributed by atoms with van der Waals surface area (Å²) < 4.78 is 26.1. The highest BCUT2D eigenvalue weighted by Crippen LogP contribution is 2.33. The number of piperidine rings is 1. The van der Waals surface area contributed by atoms with E-state index in [0.717, 1.165) is 18.4 Å². The van der Waals surface area contributed by atoms with E-state index in [0.29, 0.717) is 34.8 Å². The number of hydrogen-bond donors (Lipinski definition) is 1. The fourth-order valence-corrected chi connectivity index (χ4v) is 4.51. The highest BCUT2D eigenvalue weighted by Gasteiger charge is 2.25. The number of aromatic nitrogens is 3. The summed E-state index contributed by atoms with van der Waals surface area (Å²) in [4.78, 5) is 27.6. The van der Waals surface area contributed by atoms with Crippen LogP contribution in [0.4, 0.5) is 15.1 Å². The smallest absolute Gasteiger partial charge is 0.410 e. The molecule has 5 rings (SSSR count). The van der Waals surface area contributed by atoms with Gasteiger partial charge < -0.3 is 19.7 Å². The molecule has 1 amide bonds. The van der Waals surface area contributed by atoms with Crippen molar-refractivity contribution in [3.05, 3.63) is 95.0 Å². The van der Waals surface area contributed by atoms with Crippen molar-refractivity contribution in [1.82, 2.24) is 19.9 Å². The van der Waals surface area contributed by atoms with E-state index in [-0.39, 0.29) is 30.4 Å². The molecule has 1 fully saturated rings. The number of anilines is 1. The number of likely N-dealkylation sites (tertiary alicyclic amines) is 1. The number of hydrogen-bond acceptors (Lipinski definition) is 7. The summed E-state index contributed by atoms with van der Waals surface area (Å²) in [6, 6.07) is 19.7. The molecule has 0 saturated carbocycles. The van der Waals surface area contributed by atoms with E-state index in [1.54, 1.807) is 47.6 Å². The Morgan fingerprint density at radius 2 is 1.92 bits per heavy atom. The summed E-state index contributed by atoms with van der Waals surface area (Å²) >= 11 is 3.18. The summed E-state index contributed by atoms with van der Waals surface area (Å²) in [5.74, 6) is 0.168. The zero-order chi connectivity index (χ0) is 26.3. The van der Waals surface area contributed by atoms with Crippen LogP contribution in [0.5, 0.6) is 11.6 Å². The van der Waals surface area contributed by atoms with Gasteiger partial charge in [0, 0.05) is 31.5 Å². The molecule has 0 radical (unpaired) electrons. The van der Waals surface area contributed by atoms with Crippen molar-refractivity contribution < 1.29 is 18.7 Å². The largest absolute Gasteiger partial charge is 0.445 e. The van der Waals surface area contributed by atoms with E-state index < -0.39 is 5.82 Å². The number of halogens is 2. The lowest BCUT2D eigenvalue weighted by molar-refractivity contribution is 0.0874. The topological polar surface area (TPSA) is 89.5 Å². The van der Waals surface area contributed by atoms with Crippen LogP contribution in [0.3, 0.4) is 0 Å². The van der Waals surface area contributed by atoms with E-state index in [4.69, 9.17) is 9.47 Å². The quantitative estimate of drug-likeness (QED) is 0.270. The lowest BCUT2D eigenvalue weighted by atomic mass is 10.1. The summed E-state index contributed by atoms with van der Waals surface area (Å²) in [6.07, 6.45) is 4.56. The highest BCUT2D eigenvalue weighted by molar-refractivity contribution is 9.10. The van der Waals surface area contributed by atoms with Crippen LogP contribution in [0.1, 0.15) is 18.4 Å². The molecule has 0 unspecified atom stereocenters. The van der Waals surface area contributed by atoms with Gasteiger partial charge in [-0.15, -0.1) is 0 Å². The second-order valence-electron chi connectivity index (χ2n) is 8.75. The molecule has 0 aliphatic carbocycles. The molecule has 1 N–H and O–H groups in total. The Labute approximate surface area is 228 Å². The third kappa shape index (κ3) is 6.25. The number of nitrogens with zero attached hydrogens (tertiary/aromatic N) is 4. The van der Waals surface area contributed by atoms with Gasteiger partial charge in [0.1, 0.15) is 6.61 Å². The van der Waals surface area contributed by atoms with Crippen LogP contribution >= 0.6 is 15.9 Å². The second-order valence-corrected chi connectivity index (χ2v) is 9.60. The lowest BCUT2D eigenvalue weighted by Crippen LogP contribution is -2.45. The number of nitrogens with one attached hydrogen (secondary N) is 1. The molecular weight excluding hydrogens is 553 g/mol. The van der Waals surface area contributed by atoms with Gasteiger partial charge in [-0.3, -0.25) is 0 Å². The predicted molar refractivity (Wildman–Crippen MR) is 144 cm³/mol. The Kier molecular flexibility index (Phi) is 8.08. The molecule has 4 aromatic rings. The minimum Gasteiger partial charge on any atom is -0.445 e. The number of carbonyl (C=O) groups excluding carboxylic acids is 1. The van der Waals surface area contributed by atoms with Gasteiger partial charge in [0.15, 0.2) is 11.6 Å². The first-order valence-electron chi connectivity index (χ1n) is 12.2. The number of ether oxygens (including phenoxy) is 2. The molecule has 10 heteroatoms. The van der Waals surface area contributed by atoms with Crippen molar-refractivity contribution in [1.29, 1.82) is 0 Å². The maximum atomic E-state index is 14.5. The predicted octanol–water partition coefficient (Wildman–Crippen LogP) is 6.45. The standard InChI is InChI=1S/C28H25BrFN5O3/c29-22-11-4-12-24(25(22)30)38-26-21(10-5-14-31-26)23-13-15-32-27(34-23)33-20-9-6-16-35(17-20)28(36)37-18-19-7-2-1-3-8-19/h1-5,7-8,10-15,20H,6,9,16-18H2,(H,32,33,34)/t20-/m0/s1. The molecule has 0 spiro atoms. The molecule has 1 saturated heterocycles. The van der Waals surface area contributed by atoms with Crippen LogP contribution < -0.4 is 10.1 Å². The first-order valence-corrected chi connectivity index (χ1v) is 13.0. The SMILES string of the molecule is O=C(OCc1ccccc1)N1CCC[C@H](Nc2nccc(-c3cccnc3Oc3cccc(Br)c3F)n2)C1. The van der Waals surface area contributed by atoms with Crippen LogP contribution in [0.25, 0.3) is 11.3 Å². The number of benzene rings is 2. The van der Waals surface area contributed by atoms with Crippen molar-refractivity contribution in [3.8, 4) is 22.9 Å². The molecule has 1 aliphatic heterocycles.